The Morgan fingerprint density at radius 2 is 1.70 bits per heavy atom. The van der Waals surface area contributed by atoms with E-state index >= 15 is 0 Å². The molecule has 1 aromatic heterocycles. The quantitative estimate of drug-likeness (QED) is 0.926. The molecule has 1 aliphatic heterocycles. The molecular weight excluding hydrogens is 286 g/mol. The molecule has 0 spiro atoms. The first kappa shape index (κ1) is 15.5. The average molecular weight is 309 g/mol. The van der Waals surface area contributed by atoms with Crippen molar-refractivity contribution in [1.29, 1.82) is 0 Å². The molecule has 0 radical (unpaired) electrons. The first-order valence-corrected chi connectivity index (χ1v) is 8.30. The second-order valence-corrected chi connectivity index (χ2v) is 6.16. The molecule has 2 aromatic rings. The van der Waals surface area contributed by atoms with E-state index in [4.69, 9.17) is 0 Å². The molecule has 23 heavy (non-hydrogen) atoms. The highest BCUT2D eigenvalue weighted by molar-refractivity contribution is 5.95. The summed E-state index contributed by atoms with van der Waals surface area (Å²) in [4.78, 5) is 18.8. The van der Waals surface area contributed by atoms with Crippen LogP contribution in [0, 0.1) is 6.92 Å². The summed E-state index contributed by atoms with van der Waals surface area (Å²) in [5.74, 6) is 0.0898. The summed E-state index contributed by atoms with van der Waals surface area (Å²) in [6.07, 6.45) is 8.04. The van der Waals surface area contributed by atoms with Crippen LogP contribution in [0.15, 0.2) is 42.7 Å². The van der Waals surface area contributed by atoms with Crippen molar-refractivity contribution in [3.63, 3.8) is 0 Å². The molecule has 0 unspecified atom stereocenters. The minimum absolute atomic E-state index is 0.0898. The van der Waals surface area contributed by atoms with Gasteiger partial charge in [-0.25, -0.2) is 0 Å². The normalized spacial score (nSPS) is 15.1. The van der Waals surface area contributed by atoms with Crippen LogP contribution in [0.1, 0.15) is 41.6 Å². The fraction of sp³-hybridized carbons (Fsp3) is 0.368. The van der Waals surface area contributed by atoms with Crippen LogP contribution in [-0.4, -0.2) is 28.9 Å². The van der Waals surface area contributed by atoms with Gasteiger partial charge in [0.15, 0.2) is 0 Å². The van der Waals surface area contributed by atoms with E-state index in [-0.39, 0.29) is 5.91 Å². The van der Waals surface area contributed by atoms with Gasteiger partial charge in [-0.3, -0.25) is 9.78 Å². The molecule has 4 nitrogen and oxygen atoms in total. The van der Waals surface area contributed by atoms with Crippen LogP contribution in [-0.2, 0) is 0 Å². The molecule has 0 aliphatic carbocycles. The number of hydrogen-bond donors (Lipinski definition) is 1. The van der Waals surface area contributed by atoms with Gasteiger partial charge < -0.3 is 10.2 Å². The molecule has 2 heterocycles. The van der Waals surface area contributed by atoms with Gasteiger partial charge in [-0.1, -0.05) is 30.5 Å². The summed E-state index contributed by atoms with van der Waals surface area (Å²) in [7, 11) is 0. The lowest BCUT2D eigenvalue weighted by molar-refractivity contribution is 0.0761. The van der Waals surface area contributed by atoms with Crippen LogP contribution in [0.2, 0.25) is 0 Å². The largest absolute Gasteiger partial charge is 0.354 e. The van der Waals surface area contributed by atoms with Crippen molar-refractivity contribution in [1.82, 2.24) is 9.88 Å². The number of hydrogen-bond acceptors (Lipinski definition) is 3. The number of aryl methyl sites for hydroxylation is 1. The van der Waals surface area contributed by atoms with Crippen molar-refractivity contribution in [3.8, 4) is 0 Å². The maximum atomic E-state index is 12.7. The van der Waals surface area contributed by atoms with Gasteiger partial charge in [-0.05, 0) is 38.0 Å². The third-order valence-corrected chi connectivity index (χ3v) is 4.22. The summed E-state index contributed by atoms with van der Waals surface area (Å²) in [6.45, 7) is 3.77. The topological polar surface area (TPSA) is 45.2 Å². The molecule has 1 N–H and O–H groups in total. The van der Waals surface area contributed by atoms with Crippen molar-refractivity contribution in [2.75, 3.05) is 18.4 Å². The van der Waals surface area contributed by atoms with Crippen LogP contribution in [0.25, 0.3) is 0 Å². The molecule has 3 rings (SSSR count). The Bertz CT molecular complexity index is 659. The number of anilines is 2. The highest BCUT2D eigenvalue weighted by atomic mass is 16.2. The molecule has 120 valence electrons. The lowest BCUT2D eigenvalue weighted by atomic mass is 10.2. The Kier molecular flexibility index (Phi) is 4.91. The highest BCUT2D eigenvalue weighted by Crippen LogP contribution is 2.19. The van der Waals surface area contributed by atoms with E-state index in [0.29, 0.717) is 5.56 Å². The number of benzene rings is 1. The van der Waals surface area contributed by atoms with E-state index in [1.807, 2.05) is 23.1 Å². The van der Waals surface area contributed by atoms with Crippen LogP contribution in [0.5, 0.6) is 0 Å². The van der Waals surface area contributed by atoms with Crippen molar-refractivity contribution in [3.05, 3.63) is 53.9 Å². The fourth-order valence-corrected chi connectivity index (χ4v) is 2.89. The first-order valence-electron chi connectivity index (χ1n) is 8.30. The molecule has 0 bridgehead atoms. The summed E-state index contributed by atoms with van der Waals surface area (Å²) in [6, 6.07) is 10.1. The minimum Gasteiger partial charge on any atom is -0.354 e. The van der Waals surface area contributed by atoms with Gasteiger partial charge in [0.2, 0.25) is 0 Å². The number of amides is 1. The molecule has 4 heteroatoms. The summed E-state index contributed by atoms with van der Waals surface area (Å²) in [5.41, 5.74) is 3.72. The van der Waals surface area contributed by atoms with E-state index in [9.17, 15) is 4.79 Å². The number of aromatic nitrogens is 1. The van der Waals surface area contributed by atoms with Gasteiger partial charge in [0, 0.05) is 25.0 Å². The number of carbonyl (C=O) groups is 1. The van der Waals surface area contributed by atoms with Gasteiger partial charge in [-0.2, -0.15) is 0 Å². The molecule has 1 aliphatic rings. The van der Waals surface area contributed by atoms with E-state index in [0.717, 1.165) is 37.3 Å². The third-order valence-electron chi connectivity index (χ3n) is 4.22. The zero-order chi connectivity index (χ0) is 16.1. The standard InChI is InChI=1S/C19H23N3O/c1-15-6-8-17(9-7-15)21-18-12-16(13-20-14-18)19(23)22-10-4-2-3-5-11-22/h6-9,12-14,21H,2-5,10-11H2,1H3. The van der Waals surface area contributed by atoms with Gasteiger partial charge in [0.25, 0.3) is 5.91 Å². The third kappa shape index (κ3) is 4.09. The number of carbonyl (C=O) groups excluding carboxylic acids is 1. The lowest BCUT2D eigenvalue weighted by Gasteiger charge is -2.20. The number of rotatable bonds is 3. The number of nitrogens with zero attached hydrogens (tertiary/aromatic N) is 2. The van der Waals surface area contributed by atoms with Gasteiger partial charge in [0.1, 0.15) is 0 Å². The van der Waals surface area contributed by atoms with Gasteiger partial charge >= 0.3 is 0 Å². The maximum Gasteiger partial charge on any atom is 0.255 e. The highest BCUT2D eigenvalue weighted by Gasteiger charge is 2.17. The molecule has 1 saturated heterocycles. The molecule has 1 fully saturated rings. The van der Waals surface area contributed by atoms with Crippen LogP contribution < -0.4 is 5.32 Å². The van der Waals surface area contributed by atoms with Gasteiger partial charge in [-0.15, -0.1) is 0 Å². The zero-order valence-corrected chi connectivity index (χ0v) is 13.6. The summed E-state index contributed by atoms with van der Waals surface area (Å²) in [5, 5.41) is 3.31. The van der Waals surface area contributed by atoms with Crippen LogP contribution in [0.4, 0.5) is 11.4 Å². The van der Waals surface area contributed by atoms with E-state index in [1.165, 1.54) is 18.4 Å². The average Bonchev–Trinajstić information content (AvgIpc) is 2.86. The van der Waals surface area contributed by atoms with E-state index in [2.05, 4.69) is 29.4 Å². The number of pyridine rings is 1. The SMILES string of the molecule is Cc1ccc(Nc2cncc(C(=O)N3CCCCCC3)c2)cc1. The van der Waals surface area contributed by atoms with Crippen molar-refractivity contribution >= 4 is 17.3 Å². The molecule has 1 amide bonds. The Balaban J connectivity index is 1.73. The minimum atomic E-state index is 0.0898. The Hall–Kier alpha value is -2.36. The van der Waals surface area contributed by atoms with Crippen LogP contribution in [0.3, 0.4) is 0 Å². The zero-order valence-electron chi connectivity index (χ0n) is 13.6. The first-order chi connectivity index (χ1) is 11.2. The van der Waals surface area contributed by atoms with Crippen LogP contribution >= 0.6 is 0 Å². The monoisotopic (exact) mass is 309 g/mol. The second kappa shape index (κ2) is 7.27. The molecule has 0 saturated carbocycles. The lowest BCUT2D eigenvalue weighted by Crippen LogP contribution is -2.31. The Morgan fingerprint density at radius 3 is 2.39 bits per heavy atom. The fourth-order valence-electron chi connectivity index (χ4n) is 2.89. The molecule has 1 aromatic carbocycles. The summed E-state index contributed by atoms with van der Waals surface area (Å²) < 4.78 is 0. The smallest absolute Gasteiger partial charge is 0.255 e. The Morgan fingerprint density at radius 1 is 1.00 bits per heavy atom. The summed E-state index contributed by atoms with van der Waals surface area (Å²) >= 11 is 0. The number of likely N-dealkylation sites (tertiary alicyclic amines) is 1. The van der Waals surface area contributed by atoms with Crippen molar-refractivity contribution < 1.29 is 4.79 Å². The maximum absolute atomic E-state index is 12.7. The van der Waals surface area contributed by atoms with Crippen molar-refractivity contribution in [2.45, 2.75) is 32.6 Å². The predicted molar refractivity (Wildman–Crippen MR) is 93.1 cm³/mol. The predicted octanol–water partition coefficient (Wildman–Crippen LogP) is 4.15. The van der Waals surface area contributed by atoms with E-state index in [1.54, 1.807) is 12.4 Å². The van der Waals surface area contributed by atoms with E-state index < -0.39 is 0 Å². The molecule has 0 atom stereocenters. The molecular formula is C19H23N3O. The van der Waals surface area contributed by atoms with Gasteiger partial charge in [0.05, 0.1) is 17.4 Å². The Labute approximate surface area is 137 Å². The van der Waals surface area contributed by atoms with Crippen molar-refractivity contribution in [2.24, 2.45) is 0 Å². The number of nitrogens with one attached hydrogen (secondary N) is 1. The second-order valence-electron chi connectivity index (χ2n) is 6.16.